The van der Waals surface area contributed by atoms with Gasteiger partial charge in [-0.2, -0.15) is 0 Å². The molecule has 142 valence electrons. The molecule has 9 heteroatoms. The Labute approximate surface area is 160 Å². The van der Waals surface area contributed by atoms with Crippen LogP contribution in [0.4, 0.5) is 0 Å². The number of ether oxygens (including phenoxy) is 1. The SMILES string of the molecule is COC(=O)c1sccc1S(=O)(=O)NC[C@@H](O)c1ccc(-c2ccco2)cc1. The zero-order chi connectivity index (χ0) is 19.4. The molecule has 0 radical (unpaired) electrons. The Hall–Kier alpha value is -2.46. The van der Waals surface area contributed by atoms with Crippen molar-refractivity contribution >= 4 is 27.3 Å². The lowest BCUT2D eigenvalue weighted by Crippen LogP contribution is -2.29. The number of esters is 1. The molecular weight excluding hydrogens is 390 g/mol. The van der Waals surface area contributed by atoms with Crippen LogP contribution >= 0.6 is 11.3 Å². The first-order valence-electron chi connectivity index (χ1n) is 7.90. The molecule has 0 amide bonds. The highest BCUT2D eigenvalue weighted by Gasteiger charge is 2.25. The lowest BCUT2D eigenvalue weighted by Gasteiger charge is -2.13. The Balaban J connectivity index is 1.69. The lowest BCUT2D eigenvalue weighted by molar-refractivity contribution is 0.0602. The second-order valence-corrected chi connectivity index (χ2v) is 8.22. The lowest BCUT2D eigenvalue weighted by atomic mass is 10.1. The first-order chi connectivity index (χ1) is 12.9. The summed E-state index contributed by atoms with van der Waals surface area (Å²) in [5.41, 5.74) is 1.39. The van der Waals surface area contributed by atoms with Crippen LogP contribution in [0.1, 0.15) is 21.3 Å². The average molecular weight is 407 g/mol. The van der Waals surface area contributed by atoms with Gasteiger partial charge in [-0.25, -0.2) is 17.9 Å². The van der Waals surface area contributed by atoms with Crippen LogP contribution in [-0.4, -0.2) is 33.1 Å². The minimum absolute atomic E-state index is 0.0118. The third kappa shape index (κ3) is 4.28. The Kier molecular flexibility index (Phi) is 5.76. The third-order valence-corrected chi connectivity index (χ3v) is 6.35. The van der Waals surface area contributed by atoms with Gasteiger partial charge in [0.25, 0.3) is 0 Å². The molecule has 2 N–H and O–H groups in total. The standard InChI is InChI=1S/C18H17NO6S2/c1-24-18(21)17-16(8-10-26-17)27(22,23)19-11-14(20)12-4-6-13(7-5-12)15-3-2-9-25-15/h2-10,14,19-20H,11H2,1H3/t14-/m1/s1. The predicted octanol–water partition coefficient (Wildman–Crippen LogP) is 2.81. The van der Waals surface area contributed by atoms with Gasteiger partial charge in [-0.1, -0.05) is 24.3 Å². The quantitative estimate of drug-likeness (QED) is 0.584. The van der Waals surface area contributed by atoms with Crippen molar-refractivity contribution in [3.05, 3.63) is 64.5 Å². The van der Waals surface area contributed by atoms with Gasteiger partial charge >= 0.3 is 5.97 Å². The minimum Gasteiger partial charge on any atom is -0.465 e. The van der Waals surface area contributed by atoms with Crippen molar-refractivity contribution in [1.29, 1.82) is 0 Å². The second kappa shape index (κ2) is 8.05. The number of sulfonamides is 1. The van der Waals surface area contributed by atoms with Gasteiger partial charge in [-0.3, -0.25) is 0 Å². The van der Waals surface area contributed by atoms with Gasteiger partial charge in [0.1, 0.15) is 15.5 Å². The van der Waals surface area contributed by atoms with Crippen molar-refractivity contribution < 1.29 is 27.5 Å². The van der Waals surface area contributed by atoms with E-state index in [2.05, 4.69) is 9.46 Å². The highest BCUT2D eigenvalue weighted by atomic mass is 32.2. The molecule has 2 aromatic heterocycles. The van der Waals surface area contributed by atoms with Gasteiger partial charge in [-0.05, 0) is 29.1 Å². The zero-order valence-corrected chi connectivity index (χ0v) is 15.9. The van der Waals surface area contributed by atoms with Crippen LogP contribution in [0.2, 0.25) is 0 Å². The highest BCUT2D eigenvalue weighted by Crippen LogP contribution is 2.24. The molecule has 27 heavy (non-hydrogen) atoms. The molecule has 7 nitrogen and oxygen atoms in total. The number of rotatable bonds is 7. The summed E-state index contributed by atoms with van der Waals surface area (Å²) in [4.78, 5) is 11.5. The first-order valence-corrected chi connectivity index (χ1v) is 10.3. The van der Waals surface area contributed by atoms with E-state index in [1.54, 1.807) is 36.6 Å². The summed E-state index contributed by atoms with van der Waals surface area (Å²) in [6, 6.07) is 11.9. The van der Waals surface area contributed by atoms with Gasteiger partial charge < -0.3 is 14.3 Å². The predicted molar refractivity (Wildman–Crippen MR) is 100.0 cm³/mol. The molecular formula is C18H17NO6S2. The Bertz CT molecular complexity index is 1010. The van der Waals surface area contributed by atoms with Gasteiger partial charge in [0.2, 0.25) is 10.0 Å². The number of nitrogens with one attached hydrogen (secondary N) is 1. The molecule has 0 spiro atoms. The molecule has 0 unspecified atom stereocenters. The highest BCUT2D eigenvalue weighted by molar-refractivity contribution is 7.89. The molecule has 0 aliphatic heterocycles. The van der Waals surface area contributed by atoms with E-state index in [4.69, 9.17) is 4.42 Å². The number of aliphatic hydroxyl groups excluding tert-OH is 1. The van der Waals surface area contributed by atoms with Crippen LogP contribution < -0.4 is 4.72 Å². The number of hydrogen-bond donors (Lipinski definition) is 2. The van der Waals surface area contributed by atoms with Crippen LogP contribution in [0.15, 0.2) is 63.4 Å². The van der Waals surface area contributed by atoms with Gasteiger partial charge in [0.15, 0.2) is 0 Å². The molecule has 3 rings (SSSR count). The molecule has 0 aliphatic carbocycles. The normalized spacial score (nSPS) is 12.7. The Morgan fingerprint density at radius 2 is 2.00 bits per heavy atom. The van der Waals surface area contributed by atoms with E-state index in [9.17, 15) is 18.3 Å². The second-order valence-electron chi connectivity index (χ2n) is 5.57. The Morgan fingerprint density at radius 1 is 1.26 bits per heavy atom. The van der Waals surface area contributed by atoms with Crippen molar-refractivity contribution in [1.82, 2.24) is 4.72 Å². The molecule has 0 saturated heterocycles. The van der Waals surface area contributed by atoms with E-state index >= 15 is 0 Å². The molecule has 0 saturated carbocycles. The van der Waals surface area contributed by atoms with Gasteiger partial charge in [0.05, 0.1) is 19.5 Å². The molecule has 3 aromatic rings. The molecule has 0 bridgehead atoms. The van der Waals surface area contributed by atoms with E-state index in [0.29, 0.717) is 11.3 Å². The number of carbonyl (C=O) groups is 1. The van der Waals surface area contributed by atoms with Crippen molar-refractivity contribution in [2.75, 3.05) is 13.7 Å². The molecule has 0 aliphatic rings. The summed E-state index contributed by atoms with van der Waals surface area (Å²) in [5.74, 6) is -0.0241. The maximum absolute atomic E-state index is 12.4. The van der Waals surface area contributed by atoms with Crippen molar-refractivity contribution in [3.63, 3.8) is 0 Å². The summed E-state index contributed by atoms with van der Waals surface area (Å²) in [6.07, 6.45) is 0.519. The number of methoxy groups -OCH3 is 1. The topological polar surface area (TPSA) is 106 Å². The molecule has 1 aromatic carbocycles. The maximum Gasteiger partial charge on any atom is 0.349 e. The summed E-state index contributed by atoms with van der Waals surface area (Å²) >= 11 is 0.975. The third-order valence-electron chi connectivity index (χ3n) is 3.86. The zero-order valence-electron chi connectivity index (χ0n) is 14.3. The maximum atomic E-state index is 12.4. The number of aliphatic hydroxyl groups is 1. The smallest absolute Gasteiger partial charge is 0.349 e. The fraction of sp³-hybridized carbons (Fsp3) is 0.167. The number of carbonyl (C=O) groups excluding carboxylic acids is 1. The molecule has 0 fully saturated rings. The average Bonchev–Trinajstić information content (AvgIpc) is 3.37. The largest absolute Gasteiger partial charge is 0.465 e. The van der Waals surface area contributed by atoms with E-state index in [1.807, 2.05) is 6.07 Å². The van der Waals surface area contributed by atoms with Crippen LogP contribution in [0.5, 0.6) is 0 Å². The number of furan rings is 1. The molecule has 2 heterocycles. The van der Waals surface area contributed by atoms with Crippen LogP contribution in [0, 0.1) is 0 Å². The van der Waals surface area contributed by atoms with Crippen molar-refractivity contribution in [2.45, 2.75) is 11.0 Å². The van der Waals surface area contributed by atoms with E-state index in [0.717, 1.165) is 16.9 Å². The summed E-state index contributed by atoms with van der Waals surface area (Å²) in [5, 5.41) is 11.8. The van der Waals surface area contributed by atoms with Crippen LogP contribution in [-0.2, 0) is 14.8 Å². The number of benzene rings is 1. The molecule has 1 atom stereocenters. The van der Waals surface area contributed by atoms with E-state index in [1.165, 1.54) is 18.6 Å². The van der Waals surface area contributed by atoms with Crippen LogP contribution in [0.25, 0.3) is 11.3 Å². The van der Waals surface area contributed by atoms with Crippen LogP contribution in [0.3, 0.4) is 0 Å². The van der Waals surface area contributed by atoms with E-state index < -0.39 is 22.1 Å². The fourth-order valence-electron chi connectivity index (χ4n) is 2.45. The minimum atomic E-state index is -3.96. The van der Waals surface area contributed by atoms with Gasteiger partial charge in [0, 0.05) is 12.1 Å². The van der Waals surface area contributed by atoms with E-state index in [-0.39, 0.29) is 16.3 Å². The van der Waals surface area contributed by atoms with Crippen molar-refractivity contribution in [2.24, 2.45) is 0 Å². The summed E-state index contributed by atoms with van der Waals surface area (Å²) < 4.78 is 37.1. The van der Waals surface area contributed by atoms with Gasteiger partial charge in [-0.15, -0.1) is 11.3 Å². The van der Waals surface area contributed by atoms with Crippen molar-refractivity contribution in [3.8, 4) is 11.3 Å². The first kappa shape index (κ1) is 19.3. The summed E-state index contributed by atoms with van der Waals surface area (Å²) in [7, 11) is -2.78. The Morgan fingerprint density at radius 3 is 2.63 bits per heavy atom. The fourth-order valence-corrected chi connectivity index (χ4v) is 4.82. The monoisotopic (exact) mass is 407 g/mol. The number of hydrogen-bond acceptors (Lipinski definition) is 7. The summed E-state index contributed by atoms with van der Waals surface area (Å²) in [6.45, 7) is -0.237. The number of thiophene rings is 1.